The minimum atomic E-state index is -0.443. The second-order valence-corrected chi connectivity index (χ2v) is 10.4. The monoisotopic (exact) mass is 483 g/mol. The number of hydrogen-bond acceptors (Lipinski definition) is 6. The third kappa shape index (κ3) is 3.88. The predicted molar refractivity (Wildman–Crippen MR) is 135 cm³/mol. The van der Waals surface area contributed by atoms with Crippen LogP contribution in [0.2, 0.25) is 0 Å². The SMILES string of the molecule is CC(C1CC1)n1cncc(-c2ccc(C3(NC(=O)c4ncc5cnn(C(C)C)c5n4)CC3)cc2)c1=O. The van der Waals surface area contributed by atoms with E-state index in [4.69, 9.17) is 0 Å². The van der Waals surface area contributed by atoms with Crippen LogP contribution in [0.1, 0.15) is 74.7 Å². The summed E-state index contributed by atoms with van der Waals surface area (Å²) >= 11 is 0. The van der Waals surface area contributed by atoms with Crippen molar-refractivity contribution in [2.75, 3.05) is 0 Å². The fraction of sp³-hybridized carbons (Fsp3) is 0.407. The van der Waals surface area contributed by atoms with Crippen molar-refractivity contribution in [2.45, 2.75) is 64.1 Å². The number of amides is 1. The Morgan fingerprint density at radius 2 is 1.83 bits per heavy atom. The Morgan fingerprint density at radius 3 is 2.50 bits per heavy atom. The Hall–Kier alpha value is -3.88. The van der Waals surface area contributed by atoms with E-state index >= 15 is 0 Å². The average molecular weight is 484 g/mol. The summed E-state index contributed by atoms with van der Waals surface area (Å²) in [6.45, 7) is 6.13. The lowest BCUT2D eigenvalue weighted by atomic mass is 10.0. The van der Waals surface area contributed by atoms with E-state index in [9.17, 15) is 9.59 Å². The van der Waals surface area contributed by atoms with Gasteiger partial charge in [0.15, 0.2) is 5.65 Å². The van der Waals surface area contributed by atoms with Gasteiger partial charge in [-0.25, -0.2) is 19.6 Å². The van der Waals surface area contributed by atoms with Crippen molar-refractivity contribution in [2.24, 2.45) is 5.92 Å². The third-order valence-corrected chi connectivity index (χ3v) is 7.48. The van der Waals surface area contributed by atoms with Crippen molar-refractivity contribution in [1.29, 1.82) is 0 Å². The maximum absolute atomic E-state index is 13.1. The minimum absolute atomic E-state index is 0.0141. The summed E-state index contributed by atoms with van der Waals surface area (Å²) in [7, 11) is 0. The Morgan fingerprint density at radius 1 is 1.08 bits per heavy atom. The molecule has 2 aliphatic rings. The van der Waals surface area contributed by atoms with Crippen molar-refractivity contribution in [3.05, 3.63) is 70.9 Å². The van der Waals surface area contributed by atoms with Crippen LogP contribution in [0.25, 0.3) is 22.2 Å². The van der Waals surface area contributed by atoms with Gasteiger partial charge in [0.05, 0.1) is 29.0 Å². The molecule has 1 aromatic carbocycles. The standard InChI is InChI=1S/C27H29N7O2/c1-16(2)34-24-20(13-30-34)12-29-23(31-24)25(35)32-27(10-11-27)21-8-6-19(7-9-21)22-14-28-15-33(26(22)36)17(3)18-4-5-18/h6-9,12-18H,4-5,10-11H2,1-3H3,(H,32,35). The third-order valence-electron chi connectivity index (χ3n) is 7.48. The molecule has 0 aliphatic heterocycles. The molecule has 184 valence electrons. The molecule has 36 heavy (non-hydrogen) atoms. The van der Waals surface area contributed by atoms with Gasteiger partial charge in [0, 0.05) is 24.5 Å². The van der Waals surface area contributed by atoms with Gasteiger partial charge in [0.25, 0.3) is 11.5 Å². The summed E-state index contributed by atoms with van der Waals surface area (Å²) in [5.74, 6) is 0.392. The number of fused-ring (bicyclic) bond motifs is 1. The number of hydrogen-bond donors (Lipinski definition) is 1. The lowest BCUT2D eigenvalue weighted by Crippen LogP contribution is -2.36. The first kappa shape index (κ1) is 22.6. The van der Waals surface area contributed by atoms with Crippen LogP contribution in [0.4, 0.5) is 0 Å². The summed E-state index contributed by atoms with van der Waals surface area (Å²) in [4.78, 5) is 39.3. The Kier molecular flexibility index (Phi) is 5.24. The first-order valence-corrected chi connectivity index (χ1v) is 12.6. The molecule has 1 amide bonds. The van der Waals surface area contributed by atoms with Crippen LogP contribution in [0.3, 0.4) is 0 Å². The molecule has 0 radical (unpaired) electrons. The zero-order valence-electron chi connectivity index (χ0n) is 20.7. The topological polar surface area (TPSA) is 108 Å². The molecular formula is C27H29N7O2. The second-order valence-electron chi connectivity index (χ2n) is 10.4. The molecule has 9 nitrogen and oxygen atoms in total. The number of nitrogens with one attached hydrogen (secondary N) is 1. The van der Waals surface area contributed by atoms with E-state index in [2.05, 4.69) is 32.3 Å². The van der Waals surface area contributed by atoms with E-state index in [1.54, 1.807) is 34.2 Å². The maximum atomic E-state index is 13.1. The van der Waals surface area contributed by atoms with Gasteiger partial charge >= 0.3 is 0 Å². The van der Waals surface area contributed by atoms with E-state index in [0.717, 1.165) is 29.4 Å². The predicted octanol–water partition coefficient (Wildman–Crippen LogP) is 4.02. The van der Waals surface area contributed by atoms with Crippen LogP contribution in [0.5, 0.6) is 0 Å². The van der Waals surface area contributed by atoms with Gasteiger partial charge in [-0.05, 0) is 63.5 Å². The molecule has 1 unspecified atom stereocenters. The molecule has 2 aliphatic carbocycles. The highest BCUT2D eigenvalue weighted by Crippen LogP contribution is 2.46. The molecule has 9 heteroatoms. The van der Waals surface area contributed by atoms with E-state index < -0.39 is 5.54 Å². The smallest absolute Gasteiger partial charge is 0.289 e. The van der Waals surface area contributed by atoms with Crippen molar-refractivity contribution >= 4 is 16.9 Å². The van der Waals surface area contributed by atoms with E-state index in [1.807, 2.05) is 38.1 Å². The fourth-order valence-corrected chi connectivity index (χ4v) is 4.90. The van der Waals surface area contributed by atoms with Crippen molar-refractivity contribution in [3.8, 4) is 11.1 Å². The van der Waals surface area contributed by atoms with Crippen LogP contribution < -0.4 is 10.9 Å². The maximum Gasteiger partial charge on any atom is 0.289 e. The molecule has 0 bridgehead atoms. The quantitative estimate of drug-likeness (QED) is 0.425. The Balaban J connectivity index is 1.23. The minimum Gasteiger partial charge on any atom is -0.340 e. The summed E-state index contributed by atoms with van der Waals surface area (Å²) in [5, 5.41) is 8.30. The fourth-order valence-electron chi connectivity index (χ4n) is 4.90. The van der Waals surface area contributed by atoms with Crippen LogP contribution >= 0.6 is 0 Å². The van der Waals surface area contributed by atoms with Gasteiger partial charge in [-0.15, -0.1) is 0 Å². The Labute approximate surface area is 208 Å². The van der Waals surface area contributed by atoms with Crippen LogP contribution in [-0.2, 0) is 5.54 Å². The number of carbonyl (C=O) groups excluding carboxylic acids is 1. The summed E-state index contributed by atoms with van der Waals surface area (Å²) in [5.41, 5.74) is 2.61. The van der Waals surface area contributed by atoms with E-state index in [-0.39, 0.29) is 29.4 Å². The highest BCUT2D eigenvalue weighted by Gasteiger charge is 2.46. The number of nitrogens with zero attached hydrogens (tertiary/aromatic N) is 6. The van der Waals surface area contributed by atoms with Crippen LogP contribution in [0.15, 0.2) is 54.0 Å². The number of aromatic nitrogens is 6. The molecule has 0 spiro atoms. The molecule has 3 heterocycles. The number of rotatable bonds is 7. The van der Waals surface area contributed by atoms with Crippen molar-refractivity contribution in [3.63, 3.8) is 0 Å². The summed E-state index contributed by atoms with van der Waals surface area (Å²) in [6, 6.07) is 8.15. The zero-order valence-corrected chi connectivity index (χ0v) is 20.7. The molecule has 1 N–H and O–H groups in total. The van der Waals surface area contributed by atoms with Gasteiger partial charge in [0.2, 0.25) is 5.82 Å². The molecular weight excluding hydrogens is 454 g/mol. The first-order valence-electron chi connectivity index (χ1n) is 12.6. The normalized spacial score (nSPS) is 17.3. The molecule has 4 aromatic rings. The van der Waals surface area contributed by atoms with E-state index in [1.165, 1.54) is 12.8 Å². The molecule has 2 saturated carbocycles. The molecule has 6 rings (SSSR count). The van der Waals surface area contributed by atoms with Gasteiger partial charge in [-0.1, -0.05) is 24.3 Å². The molecule has 3 aromatic heterocycles. The van der Waals surface area contributed by atoms with Crippen LogP contribution in [-0.4, -0.2) is 35.2 Å². The average Bonchev–Trinajstić information content (AvgIpc) is 3.81. The van der Waals surface area contributed by atoms with E-state index in [0.29, 0.717) is 17.1 Å². The van der Waals surface area contributed by atoms with Gasteiger partial charge in [-0.3, -0.25) is 14.2 Å². The summed E-state index contributed by atoms with van der Waals surface area (Å²) in [6.07, 6.45) is 10.6. The lowest BCUT2D eigenvalue weighted by molar-refractivity contribution is 0.0920. The zero-order chi connectivity index (χ0) is 25.0. The van der Waals surface area contributed by atoms with Crippen LogP contribution in [0, 0.1) is 5.92 Å². The van der Waals surface area contributed by atoms with Gasteiger partial charge in [0.1, 0.15) is 0 Å². The van der Waals surface area contributed by atoms with Crippen molar-refractivity contribution < 1.29 is 4.79 Å². The number of benzene rings is 1. The summed E-state index contributed by atoms with van der Waals surface area (Å²) < 4.78 is 3.54. The number of carbonyl (C=O) groups is 1. The molecule has 2 fully saturated rings. The largest absolute Gasteiger partial charge is 0.340 e. The highest BCUT2D eigenvalue weighted by atomic mass is 16.2. The lowest BCUT2D eigenvalue weighted by Gasteiger charge is -2.18. The first-order chi connectivity index (χ1) is 17.4. The van der Waals surface area contributed by atoms with Gasteiger partial charge in [-0.2, -0.15) is 5.10 Å². The molecule has 0 saturated heterocycles. The molecule has 1 atom stereocenters. The van der Waals surface area contributed by atoms with Crippen molar-refractivity contribution in [1.82, 2.24) is 34.6 Å². The highest BCUT2D eigenvalue weighted by molar-refractivity contribution is 5.93. The van der Waals surface area contributed by atoms with Gasteiger partial charge < -0.3 is 5.32 Å². The second kappa shape index (κ2) is 8.36. The Bertz CT molecular complexity index is 1510.